The Morgan fingerprint density at radius 1 is 0.848 bits per heavy atom. The molecule has 0 aromatic heterocycles. The molecule has 6 nitrogen and oxygen atoms in total. The lowest BCUT2D eigenvalue weighted by Crippen LogP contribution is -2.38. The number of nitrogens with one attached hydrogen (secondary N) is 1. The summed E-state index contributed by atoms with van der Waals surface area (Å²) in [5.74, 6) is -0.0254. The van der Waals surface area contributed by atoms with E-state index in [-0.39, 0.29) is 11.9 Å². The monoisotopic (exact) mass is 455 g/mol. The summed E-state index contributed by atoms with van der Waals surface area (Å²) in [4.78, 5) is 25.0. The zero-order valence-corrected chi connectivity index (χ0v) is 20.6. The van der Waals surface area contributed by atoms with Gasteiger partial charge in [0.1, 0.15) is 18.9 Å². The minimum atomic E-state index is -0.366. The molecular weight excluding hydrogens is 416 g/mol. The number of hydrogen-bond acceptors (Lipinski definition) is 4. The first-order valence-electron chi connectivity index (χ1n) is 11.9. The van der Waals surface area contributed by atoms with Gasteiger partial charge in [-0.1, -0.05) is 51.2 Å². The molecule has 6 heteroatoms. The van der Waals surface area contributed by atoms with E-state index in [4.69, 9.17) is 9.47 Å². The molecular formula is C27H39N2O4+. The number of para-hydroxylation sites is 1. The third kappa shape index (κ3) is 10.1. The molecule has 0 fully saturated rings. The van der Waals surface area contributed by atoms with E-state index in [1.165, 1.54) is 25.7 Å². The zero-order valence-electron chi connectivity index (χ0n) is 20.6. The maximum absolute atomic E-state index is 12.8. The van der Waals surface area contributed by atoms with Gasteiger partial charge in [0.25, 0.3) is 5.91 Å². The summed E-state index contributed by atoms with van der Waals surface area (Å²) in [6.45, 7) is 3.90. The summed E-state index contributed by atoms with van der Waals surface area (Å²) < 4.78 is 11.9. The van der Waals surface area contributed by atoms with Crippen LogP contribution < -0.4 is 10.1 Å². The van der Waals surface area contributed by atoms with Gasteiger partial charge < -0.3 is 19.3 Å². The highest BCUT2D eigenvalue weighted by Crippen LogP contribution is 2.21. The van der Waals surface area contributed by atoms with Crippen LogP contribution in [0.1, 0.15) is 66.2 Å². The molecule has 1 amide bonds. The Balaban J connectivity index is 1.86. The van der Waals surface area contributed by atoms with Gasteiger partial charge in [-0.15, -0.1) is 0 Å². The highest BCUT2D eigenvalue weighted by molar-refractivity contribution is 6.06. The molecule has 0 bridgehead atoms. The normalized spacial score (nSPS) is 11.2. The van der Waals surface area contributed by atoms with E-state index in [0.717, 1.165) is 23.9 Å². The van der Waals surface area contributed by atoms with Crippen LogP contribution in [-0.4, -0.2) is 57.3 Å². The number of carbonyl (C=O) groups excluding carboxylic acids is 2. The molecule has 0 unspecified atom stereocenters. The van der Waals surface area contributed by atoms with Crippen molar-refractivity contribution in [2.24, 2.45) is 0 Å². The summed E-state index contributed by atoms with van der Waals surface area (Å²) in [5.41, 5.74) is 1.55. The molecule has 0 aliphatic rings. The second-order valence-corrected chi connectivity index (χ2v) is 9.29. The molecule has 2 rings (SSSR count). The predicted octanol–water partition coefficient (Wildman–Crippen LogP) is 5.54. The molecule has 180 valence electrons. The van der Waals surface area contributed by atoms with E-state index in [1.807, 2.05) is 39.3 Å². The smallest absolute Gasteiger partial charge is 0.338 e. The Morgan fingerprint density at radius 3 is 2.21 bits per heavy atom. The number of amides is 1. The maximum atomic E-state index is 12.8. The van der Waals surface area contributed by atoms with Gasteiger partial charge in [0, 0.05) is 5.69 Å². The van der Waals surface area contributed by atoms with E-state index in [0.29, 0.717) is 35.8 Å². The first kappa shape index (κ1) is 26.4. The quantitative estimate of drug-likeness (QED) is 0.231. The van der Waals surface area contributed by atoms with Crippen LogP contribution in [0.25, 0.3) is 0 Å². The Kier molecular flexibility index (Phi) is 10.9. The number of nitrogens with zero attached hydrogens (tertiary/aromatic N) is 1. The molecule has 2 aromatic carbocycles. The lowest BCUT2D eigenvalue weighted by atomic mass is 10.1. The van der Waals surface area contributed by atoms with Gasteiger partial charge in [-0.3, -0.25) is 4.79 Å². The van der Waals surface area contributed by atoms with Gasteiger partial charge in [-0.05, 0) is 42.8 Å². The van der Waals surface area contributed by atoms with Crippen molar-refractivity contribution in [2.75, 3.05) is 46.2 Å². The van der Waals surface area contributed by atoms with Gasteiger partial charge in [-0.25, -0.2) is 4.79 Å². The van der Waals surface area contributed by atoms with Crippen molar-refractivity contribution in [1.82, 2.24) is 0 Å². The van der Waals surface area contributed by atoms with Gasteiger partial charge in [0.2, 0.25) is 0 Å². The number of carbonyl (C=O) groups is 2. The minimum Gasteiger partial charge on any atom is -0.493 e. The standard InChI is InChI=1S/C27H38N2O4/c1-5-6-7-8-9-12-20-32-25-14-11-10-13-24(25)26(30)28-23-17-15-22(16-18-23)27(31)33-21-19-29(2,3)4/h10-11,13-18H,5-9,12,19-21H2,1-4H3/p+1. The Morgan fingerprint density at radius 2 is 1.52 bits per heavy atom. The zero-order chi connectivity index (χ0) is 24.1. The molecule has 0 heterocycles. The molecule has 0 spiro atoms. The SMILES string of the molecule is CCCCCCCCOc1ccccc1C(=O)Nc1ccc(C(=O)OCC[N+](C)(C)C)cc1. The fourth-order valence-electron chi connectivity index (χ4n) is 3.23. The molecule has 1 N–H and O–H groups in total. The van der Waals surface area contributed by atoms with Crippen LogP contribution in [0.4, 0.5) is 5.69 Å². The highest BCUT2D eigenvalue weighted by atomic mass is 16.5. The molecule has 33 heavy (non-hydrogen) atoms. The number of anilines is 1. The number of quaternary nitrogens is 1. The molecule has 0 saturated heterocycles. The van der Waals surface area contributed by atoms with Crippen LogP contribution in [0, 0.1) is 0 Å². The average molecular weight is 456 g/mol. The summed E-state index contributed by atoms with van der Waals surface area (Å²) >= 11 is 0. The van der Waals surface area contributed by atoms with E-state index in [9.17, 15) is 9.59 Å². The minimum absolute atomic E-state index is 0.244. The van der Waals surface area contributed by atoms with E-state index in [2.05, 4.69) is 12.2 Å². The molecule has 0 saturated carbocycles. The number of rotatable bonds is 14. The summed E-state index contributed by atoms with van der Waals surface area (Å²) in [6, 6.07) is 14.0. The molecule has 0 radical (unpaired) electrons. The summed E-state index contributed by atoms with van der Waals surface area (Å²) in [6.07, 6.45) is 7.12. The molecule has 0 aliphatic carbocycles. The Bertz CT molecular complexity index is 872. The van der Waals surface area contributed by atoms with Gasteiger partial charge in [0.05, 0.1) is 38.9 Å². The maximum Gasteiger partial charge on any atom is 0.338 e. The van der Waals surface area contributed by atoms with Crippen LogP contribution in [0.3, 0.4) is 0 Å². The second-order valence-electron chi connectivity index (χ2n) is 9.29. The fraction of sp³-hybridized carbons (Fsp3) is 0.481. The van der Waals surface area contributed by atoms with Gasteiger partial charge in [0.15, 0.2) is 0 Å². The van der Waals surface area contributed by atoms with Crippen molar-refractivity contribution in [1.29, 1.82) is 0 Å². The van der Waals surface area contributed by atoms with Crippen molar-refractivity contribution in [3.05, 3.63) is 59.7 Å². The van der Waals surface area contributed by atoms with Crippen LogP contribution in [-0.2, 0) is 4.74 Å². The van der Waals surface area contributed by atoms with Crippen LogP contribution in [0.2, 0.25) is 0 Å². The average Bonchev–Trinajstić information content (AvgIpc) is 2.78. The van der Waals surface area contributed by atoms with E-state index >= 15 is 0 Å². The lowest BCUT2D eigenvalue weighted by Gasteiger charge is -2.23. The lowest BCUT2D eigenvalue weighted by molar-refractivity contribution is -0.870. The number of ether oxygens (including phenoxy) is 2. The van der Waals surface area contributed by atoms with Crippen LogP contribution in [0.15, 0.2) is 48.5 Å². The van der Waals surface area contributed by atoms with Crippen LogP contribution >= 0.6 is 0 Å². The first-order valence-corrected chi connectivity index (χ1v) is 11.9. The molecule has 2 aromatic rings. The van der Waals surface area contributed by atoms with Crippen molar-refractivity contribution in [3.8, 4) is 5.75 Å². The largest absolute Gasteiger partial charge is 0.493 e. The van der Waals surface area contributed by atoms with E-state index in [1.54, 1.807) is 30.3 Å². The van der Waals surface area contributed by atoms with Crippen LogP contribution in [0.5, 0.6) is 5.75 Å². The van der Waals surface area contributed by atoms with Crippen molar-refractivity contribution in [2.45, 2.75) is 45.4 Å². The van der Waals surface area contributed by atoms with Crippen molar-refractivity contribution < 1.29 is 23.5 Å². The number of likely N-dealkylation sites (N-methyl/N-ethyl adjacent to an activating group) is 1. The van der Waals surface area contributed by atoms with E-state index < -0.39 is 0 Å². The van der Waals surface area contributed by atoms with Gasteiger partial charge >= 0.3 is 5.97 Å². The highest BCUT2D eigenvalue weighted by Gasteiger charge is 2.14. The van der Waals surface area contributed by atoms with Crippen molar-refractivity contribution in [3.63, 3.8) is 0 Å². The number of unbranched alkanes of at least 4 members (excludes halogenated alkanes) is 5. The topological polar surface area (TPSA) is 64.6 Å². The third-order valence-corrected chi connectivity index (χ3v) is 5.26. The van der Waals surface area contributed by atoms with Crippen molar-refractivity contribution >= 4 is 17.6 Å². The first-order chi connectivity index (χ1) is 15.8. The Labute approximate surface area is 198 Å². The third-order valence-electron chi connectivity index (χ3n) is 5.26. The molecule has 0 atom stereocenters. The fourth-order valence-corrected chi connectivity index (χ4v) is 3.23. The second kappa shape index (κ2) is 13.6. The summed E-state index contributed by atoms with van der Waals surface area (Å²) in [5, 5.41) is 2.88. The predicted molar refractivity (Wildman–Crippen MR) is 133 cm³/mol. The Hall–Kier alpha value is -2.86. The number of esters is 1. The molecule has 0 aliphatic heterocycles. The van der Waals surface area contributed by atoms with Gasteiger partial charge in [-0.2, -0.15) is 0 Å². The number of hydrogen-bond donors (Lipinski definition) is 1. The number of benzene rings is 2. The summed E-state index contributed by atoms with van der Waals surface area (Å²) in [7, 11) is 6.13.